The molecular weight excluding hydrogens is 459 g/mol. The third-order valence-corrected chi connectivity index (χ3v) is 6.91. The highest BCUT2D eigenvalue weighted by Gasteiger charge is 2.46. The smallest absolute Gasteiger partial charge is 0.254 e. The molecular formula is C29H29FN2O4. The van der Waals surface area contributed by atoms with Crippen LogP contribution >= 0.6 is 0 Å². The van der Waals surface area contributed by atoms with E-state index in [1.807, 2.05) is 38.1 Å². The number of aryl methyl sites for hydroxylation is 1. The Morgan fingerprint density at radius 1 is 1.03 bits per heavy atom. The summed E-state index contributed by atoms with van der Waals surface area (Å²) < 4.78 is 25.9. The van der Waals surface area contributed by atoms with Crippen molar-refractivity contribution in [2.45, 2.75) is 39.2 Å². The predicted molar refractivity (Wildman–Crippen MR) is 135 cm³/mol. The molecule has 2 heterocycles. The maximum Gasteiger partial charge on any atom is 0.254 e. The zero-order valence-electron chi connectivity index (χ0n) is 20.6. The molecule has 0 bridgehead atoms. The number of hydrogen-bond donors (Lipinski definition) is 1. The molecule has 6 nitrogen and oxygen atoms in total. The van der Waals surface area contributed by atoms with Crippen molar-refractivity contribution >= 4 is 17.5 Å². The predicted octanol–water partition coefficient (Wildman–Crippen LogP) is 5.41. The first-order valence-electron chi connectivity index (χ1n) is 12.3. The zero-order chi connectivity index (χ0) is 25.4. The minimum atomic E-state index is -0.685. The lowest BCUT2D eigenvalue weighted by atomic mass is 9.75. The summed E-state index contributed by atoms with van der Waals surface area (Å²) in [6.07, 6.45) is 0.643. The number of rotatable bonds is 6. The highest BCUT2D eigenvalue weighted by atomic mass is 19.1. The second-order valence-corrected chi connectivity index (χ2v) is 9.08. The minimum Gasteiger partial charge on any atom is -0.490 e. The Labute approximate surface area is 210 Å². The molecule has 0 radical (unpaired) electrons. The van der Waals surface area contributed by atoms with E-state index in [1.54, 1.807) is 36.1 Å². The van der Waals surface area contributed by atoms with Gasteiger partial charge in [-0.05, 0) is 79.8 Å². The van der Waals surface area contributed by atoms with Crippen molar-refractivity contribution in [3.05, 3.63) is 88.2 Å². The number of halogens is 1. The average Bonchev–Trinajstić information content (AvgIpc) is 2.87. The van der Waals surface area contributed by atoms with Gasteiger partial charge in [0.25, 0.3) is 5.91 Å². The van der Waals surface area contributed by atoms with Crippen LogP contribution in [0.3, 0.4) is 0 Å². The van der Waals surface area contributed by atoms with Crippen molar-refractivity contribution in [1.82, 2.24) is 4.90 Å². The molecule has 1 N–H and O–H groups in total. The maximum atomic E-state index is 14.2. The summed E-state index contributed by atoms with van der Waals surface area (Å²) in [5.41, 5.74) is 3.95. The van der Waals surface area contributed by atoms with Crippen molar-refractivity contribution in [3.8, 4) is 11.5 Å². The van der Waals surface area contributed by atoms with E-state index in [4.69, 9.17) is 9.47 Å². The van der Waals surface area contributed by atoms with Gasteiger partial charge in [-0.15, -0.1) is 0 Å². The first-order valence-corrected chi connectivity index (χ1v) is 12.3. The molecule has 7 heteroatoms. The zero-order valence-corrected chi connectivity index (χ0v) is 20.6. The summed E-state index contributed by atoms with van der Waals surface area (Å²) >= 11 is 0. The Hall–Kier alpha value is -3.87. The van der Waals surface area contributed by atoms with E-state index < -0.39 is 12.0 Å². The molecule has 3 aromatic carbocycles. The number of hydrogen-bond acceptors (Lipinski definition) is 4. The molecule has 0 aromatic heterocycles. The van der Waals surface area contributed by atoms with Gasteiger partial charge in [0, 0.05) is 17.8 Å². The van der Waals surface area contributed by atoms with Crippen molar-refractivity contribution in [2.24, 2.45) is 0 Å². The van der Waals surface area contributed by atoms with E-state index >= 15 is 0 Å². The van der Waals surface area contributed by atoms with Crippen LogP contribution in [-0.4, -0.2) is 36.5 Å². The number of fused-ring (bicyclic) bond motifs is 4. The molecule has 2 aliphatic heterocycles. The number of carbonyl (C=O) groups is 2. The molecule has 0 spiro atoms. The normalized spacial score (nSPS) is 18.1. The van der Waals surface area contributed by atoms with E-state index in [2.05, 4.69) is 5.32 Å². The molecule has 3 aromatic rings. The molecule has 36 heavy (non-hydrogen) atoms. The molecule has 0 aliphatic carbocycles. The Morgan fingerprint density at radius 3 is 2.47 bits per heavy atom. The quantitative estimate of drug-likeness (QED) is 0.504. The van der Waals surface area contributed by atoms with Gasteiger partial charge in [-0.3, -0.25) is 9.59 Å². The van der Waals surface area contributed by atoms with Crippen LogP contribution in [-0.2, 0) is 11.2 Å². The average molecular weight is 489 g/mol. The van der Waals surface area contributed by atoms with Gasteiger partial charge < -0.3 is 19.7 Å². The first kappa shape index (κ1) is 23.9. The highest BCUT2D eigenvalue weighted by molar-refractivity contribution is 6.04. The van der Waals surface area contributed by atoms with Crippen LogP contribution in [0.5, 0.6) is 11.5 Å². The molecule has 0 saturated carbocycles. The van der Waals surface area contributed by atoms with Gasteiger partial charge in [-0.25, -0.2) is 4.39 Å². The van der Waals surface area contributed by atoms with Gasteiger partial charge in [0.05, 0.1) is 25.2 Å². The van der Waals surface area contributed by atoms with E-state index in [1.165, 1.54) is 6.07 Å². The largest absolute Gasteiger partial charge is 0.490 e. The number of nitrogens with zero attached hydrogens (tertiary/aromatic N) is 1. The van der Waals surface area contributed by atoms with Gasteiger partial charge in [-0.1, -0.05) is 24.3 Å². The summed E-state index contributed by atoms with van der Waals surface area (Å²) in [7, 11) is 0. The molecule has 0 fully saturated rings. The second kappa shape index (κ2) is 9.64. The Balaban J connectivity index is 1.63. The summed E-state index contributed by atoms with van der Waals surface area (Å²) in [6, 6.07) is 15.2. The lowest BCUT2D eigenvalue weighted by molar-refractivity contribution is -0.119. The number of anilines is 1. The number of carbonyl (C=O) groups excluding carboxylic acids is 2. The van der Waals surface area contributed by atoms with Crippen LogP contribution in [0, 0.1) is 12.7 Å². The van der Waals surface area contributed by atoms with Gasteiger partial charge in [-0.2, -0.15) is 0 Å². The topological polar surface area (TPSA) is 67.9 Å². The molecule has 0 saturated heterocycles. The van der Waals surface area contributed by atoms with E-state index in [0.29, 0.717) is 60.1 Å². The first-order chi connectivity index (χ1) is 17.4. The lowest BCUT2D eigenvalue weighted by Crippen LogP contribution is -2.49. The summed E-state index contributed by atoms with van der Waals surface area (Å²) in [5.74, 6) is -0.223. The van der Waals surface area contributed by atoms with Gasteiger partial charge in [0.2, 0.25) is 5.91 Å². The van der Waals surface area contributed by atoms with Crippen LogP contribution in [0.1, 0.15) is 58.4 Å². The molecule has 0 unspecified atom stereocenters. The summed E-state index contributed by atoms with van der Waals surface area (Å²) in [4.78, 5) is 29.2. The van der Waals surface area contributed by atoms with E-state index in [9.17, 15) is 14.0 Å². The number of ether oxygens (including phenoxy) is 2. The lowest BCUT2D eigenvalue weighted by Gasteiger charge is -2.45. The van der Waals surface area contributed by atoms with Crippen LogP contribution in [0.2, 0.25) is 0 Å². The fourth-order valence-corrected chi connectivity index (χ4v) is 5.24. The maximum absolute atomic E-state index is 14.2. The number of amides is 2. The third kappa shape index (κ3) is 4.08. The summed E-state index contributed by atoms with van der Waals surface area (Å²) in [6.45, 7) is 6.93. The van der Waals surface area contributed by atoms with Gasteiger partial charge in [0.15, 0.2) is 11.5 Å². The van der Waals surface area contributed by atoms with Gasteiger partial charge in [0.1, 0.15) is 5.82 Å². The highest BCUT2D eigenvalue weighted by Crippen LogP contribution is 2.48. The van der Waals surface area contributed by atoms with Gasteiger partial charge >= 0.3 is 0 Å². The van der Waals surface area contributed by atoms with Crippen LogP contribution in [0.15, 0.2) is 54.6 Å². The second-order valence-electron chi connectivity index (χ2n) is 9.08. The van der Waals surface area contributed by atoms with Crippen molar-refractivity contribution in [3.63, 3.8) is 0 Å². The Kier molecular flexibility index (Phi) is 6.39. The third-order valence-electron chi connectivity index (χ3n) is 6.91. The molecule has 2 amide bonds. The van der Waals surface area contributed by atoms with E-state index in [0.717, 1.165) is 11.1 Å². The van der Waals surface area contributed by atoms with Crippen LogP contribution in [0.4, 0.5) is 10.1 Å². The van der Waals surface area contributed by atoms with Crippen molar-refractivity contribution < 1.29 is 23.5 Å². The van der Waals surface area contributed by atoms with E-state index in [-0.39, 0.29) is 17.6 Å². The molecule has 2 aliphatic rings. The Bertz CT molecular complexity index is 1340. The van der Waals surface area contributed by atoms with Crippen molar-refractivity contribution in [1.29, 1.82) is 0 Å². The fraction of sp³-hybridized carbons (Fsp3) is 0.310. The number of benzene rings is 3. The molecule has 186 valence electrons. The Morgan fingerprint density at radius 2 is 1.75 bits per heavy atom. The fourth-order valence-electron chi connectivity index (χ4n) is 5.24. The monoisotopic (exact) mass is 488 g/mol. The van der Waals surface area contributed by atoms with Crippen LogP contribution < -0.4 is 14.8 Å². The molecule has 2 atom stereocenters. The minimum absolute atomic E-state index is 0.0986. The summed E-state index contributed by atoms with van der Waals surface area (Å²) in [5, 5.41) is 2.90. The van der Waals surface area contributed by atoms with Crippen LogP contribution in [0.25, 0.3) is 0 Å². The standard InChI is InChI=1S/C29H29FN2O4/c1-4-35-24-14-18-12-13-32-27(22(18)16-25(24)36-5-2)26(20-8-6-7-9-21(20)29(32)34)28(33)31-19-11-10-17(3)23(30)15-19/h6-11,14-16,26-27H,4-5,12-13H2,1-3H3,(H,31,33)/t26-,27+/m0/s1. The van der Waals surface area contributed by atoms with Crippen molar-refractivity contribution in [2.75, 3.05) is 25.1 Å². The molecule has 5 rings (SSSR count). The SMILES string of the molecule is CCOc1cc2c(cc1OCC)[C@@H]1[C@@H](C(=O)Nc3ccc(C)c(F)c3)c3ccccc3C(=O)N1CC2. The number of nitrogens with one attached hydrogen (secondary N) is 1.